The van der Waals surface area contributed by atoms with Crippen LogP contribution in [0.2, 0.25) is 0 Å². The van der Waals surface area contributed by atoms with Gasteiger partial charge in [-0.15, -0.1) is 0 Å². The van der Waals surface area contributed by atoms with Crippen LogP contribution in [0.25, 0.3) is 11.0 Å². The van der Waals surface area contributed by atoms with Gasteiger partial charge in [0.25, 0.3) is 0 Å². The Kier molecular flexibility index (Phi) is 5.60. The van der Waals surface area contributed by atoms with Gasteiger partial charge in [0.2, 0.25) is 5.95 Å². The maximum absolute atomic E-state index is 5.91. The molecule has 9 nitrogen and oxygen atoms in total. The lowest BCUT2D eigenvalue weighted by Crippen LogP contribution is -2.67. The van der Waals surface area contributed by atoms with Crippen LogP contribution in [0.1, 0.15) is 37.3 Å². The largest absolute Gasteiger partial charge is 0.496 e. The van der Waals surface area contributed by atoms with Gasteiger partial charge in [0.15, 0.2) is 5.82 Å². The lowest BCUT2D eigenvalue weighted by Gasteiger charge is -2.55. The van der Waals surface area contributed by atoms with E-state index in [0.717, 1.165) is 73.8 Å². The highest BCUT2D eigenvalue weighted by Gasteiger charge is 2.48. The highest BCUT2D eigenvalue weighted by Crippen LogP contribution is 2.37. The smallest absolute Gasteiger partial charge is 0.222 e. The second kappa shape index (κ2) is 8.55. The molecule has 0 amide bonds. The molecule has 2 aromatic heterocycles. The van der Waals surface area contributed by atoms with Crippen LogP contribution in [0.15, 0.2) is 24.4 Å². The van der Waals surface area contributed by atoms with Crippen molar-refractivity contribution in [3.63, 3.8) is 0 Å². The molecule has 170 valence electrons. The number of nitrogens with one attached hydrogen (secondary N) is 1. The number of fused-ring (bicyclic) bond motifs is 1. The molecule has 1 spiro atoms. The summed E-state index contributed by atoms with van der Waals surface area (Å²) in [4.78, 5) is 11.2. The number of nitrogen functional groups attached to an aromatic ring is 1. The number of hydrogen-bond acceptors (Lipinski definition) is 8. The standard InChI is InChI=1S/C23H31N7O2/c1-3-4-8-25-21-20-18(27-22(24)28-21)11-26-30(20)13-17-6-5-16(10-19(17)31-2)12-29-14-23(15-29)7-9-32-23/h5-6,10-11H,3-4,7-9,12-15H2,1-2H3,(H3,24,25,27,28). The van der Waals surface area contributed by atoms with E-state index in [0.29, 0.717) is 6.54 Å². The molecule has 1 aromatic carbocycles. The van der Waals surface area contributed by atoms with Crippen molar-refractivity contribution in [3.8, 4) is 5.75 Å². The van der Waals surface area contributed by atoms with Crippen LogP contribution in [0.4, 0.5) is 11.8 Å². The number of benzene rings is 1. The maximum atomic E-state index is 5.91. The van der Waals surface area contributed by atoms with Crippen molar-refractivity contribution in [2.24, 2.45) is 0 Å². The zero-order chi connectivity index (χ0) is 22.1. The van der Waals surface area contributed by atoms with Gasteiger partial charge in [-0.3, -0.25) is 9.58 Å². The summed E-state index contributed by atoms with van der Waals surface area (Å²) in [5, 5.41) is 7.95. The zero-order valence-corrected chi connectivity index (χ0v) is 18.8. The van der Waals surface area contributed by atoms with E-state index in [1.165, 1.54) is 12.0 Å². The summed E-state index contributed by atoms with van der Waals surface area (Å²) in [6.45, 7) is 7.40. The Balaban J connectivity index is 1.35. The summed E-state index contributed by atoms with van der Waals surface area (Å²) in [5.41, 5.74) is 9.94. The molecule has 3 aromatic rings. The van der Waals surface area contributed by atoms with Gasteiger partial charge in [-0.25, -0.2) is 4.98 Å². The monoisotopic (exact) mass is 437 g/mol. The predicted octanol–water partition coefficient (Wildman–Crippen LogP) is 2.65. The van der Waals surface area contributed by atoms with E-state index in [1.807, 2.05) is 4.68 Å². The van der Waals surface area contributed by atoms with Gasteiger partial charge >= 0.3 is 0 Å². The van der Waals surface area contributed by atoms with Crippen LogP contribution in [-0.4, -0.2) is 63.6 Å². The molecule has 2 fully saturated rings. The summed E-state index contributed by atoms with van der Waals surface area (Å²) in [6, 6.07) is 6.42. The molecule has 0 atom stereocenters. The normalized spacial score (nSPS) is 17.3. The highest BCUT2D eigenvalue weighted by atomic mass is 16.5. The van der Waals surface area contributed by atoms with Crippen LogP contribution in [-0.2, 0) is 17.8 Å². The summed E-state index contributed by atoms with van der Waals surface area (Å²) in [7, 11) is 1.71. The number of nitrogens with two attached hydrogens (primary N) is 1. The van der Waals surface area contributed by atoms with Crippen LogP contribution in [0.3, 0.4) is 0 Å². The second-order valence-corrected chi connectivity index (χ2v) is 8.82. The molecule has 2 saturated heterocycles. The molecule has 0 aliphatic carbocycles. The van der Waals surface area contributed by atoms with Gasteiger partial charge in [0.05, 0.1) is 32.1 Å². The number of ether oxygens (including phenoxy) is 2. The van der Waals surface area contributed by atoms with Crippen LogP contribution < -0.4 is 15.8 Å². The first-order valence-electron chi connectivity index (χ1n) is 11.3. The third-order valence-electron chi connectivity index (χ3n) is 6.40. The van der Waals surface area contributed by atoms with Crippen molar-refractivity contribution < 1.29 is 9.47 Å². The summed E-state index contributed by atoms with van der Waals surface area (Å²) in [6.07, 6.45) is 5.08. The Hall–Kier alpha value is -2.91. The minimum atomic E-state index is 0.152. The van der Waals surface area contributed by atoms with Gasteiger partial charge in [0.1, 0.15) is 16.8 Å². The molecule has 0 radical (unpaired) electrons. The van der Waals surface area contributed by atoms with Gasteiger partial charge in [-0.1, -0.05) is 25.5 Å². The Labute approximate surface area is 187 Å². The third kappa shape index (κ3) is 3.98. The summed E-state index contributed by atoms with van der Waals surface area (Å²) >= 11 is 0. The predicted molar refractivity (Wildman–Crippen MR) is 124 cm³/mol. The van der Waals surface area contributed by atoms with Gasteiger partial charge < -0.3 is 20.5 Å². The number of likely N-dealkylation sites (tertiary alicyclic amines) is 1. The van der Waals surface area contributed by atoms with Gasteiger partial charge in [-0.05, 0) is 18.1 Å². The Morgan fingerprint density at radius 3 is 2.81 bits per heavy atom. The molecule has 2 aliphatic heterocycles. The lowest BCUT2D eigenvalue weighted by molar-refractivity contribution is -0.223. The highest BCUT2D eigenvalue weighted by molar-refractivity contribution is 5.86. The number of rotatable bonds is 9. The van der Waals surface area contributed by atoms with Crippen LogP contribution >= 0.6 is 0 Å². The number of anilines is 2. The van der Waals surface area contributed by atoms with Crippen LogP contribution in [0.5, 0.6) is 5.75 Å². The first-order chi connectivity index (χ1) is 15.6. The van der Waals surface area contributed by atoms with Crippen molar-refractivity contribution in [3.05, 3.63) is 35.5 Å². The molecule has 3 N–H and O–H groups in total. The fourth-order valence-electron chi connectivity index (χ4n) is 4.60. The lowest BCUT2D eigenvalue weighted by atomic mass is 9.86. The molecule has 0 saturated carbocycles. The van der Waals surface area contributed by atoms with Crippen molar-refractivity contribution in [2.45, 2.75) is 44.9 Å². The topological polar surface area (TPSA) is 103 Å². The minimum absolute atomic E-state index is 0.152. The fraction of sp³-hybridized carbons (Fsp3) is 0.522. The van der Waals surface area contributed by atoms with E-state index in [4.69, 9.17) is 15.2 Å². The molecular weight excluding hydrogens is 406 g/mol. The summed E-state index contributed by atoms with van der Waals surface area (Å²) < 4.78 is 13.4. The molecule has 32 heavy (non-hydrogen) atoms. The van der Waals surface area contributed by atoms with Gasteiger partial charge in [0, 0.05) is 38.2 Å². The molecular formula is C23H31N7O2. The van der Waals surface area contributed by atoms with E-state index < -0.39 is 0 Å². The minimum Gasteiger partial charge on any atom is -0.496 e. The SMILES string of the molecule is CCCCNc1nc(N)nc2cnn(Cc3ccc(CN4CC5(CCO5)C4)cc3OC)c12. The maximum Gasteiger partial charge on any atom is 0.222 e. The van der Waals surface area contributed by atoms with Crippen molar-refractivity contribution in [1.29, 1.82) is 0 Å². The van der Waals surface area contributed by atoms with Gasteiger partial charge in [-0.2, -0.15) is 10.1 Å². The van der Waals surface area contributed by atoms with E-state index in [1.54, 1.807) is 13.3 Å². The number of methoxy groups -OCH3 is 1. The molecule has 4 heterocycles. The van der Waals surface area contributed by atoms with E-state index in [9.17, 15) is 0 Å². The Morgan fingerprint density at radius 2 is 2.09 bits per heavy atom. The van der Waals surface area contributed by atoms with Crippen molar-refractivity contribution in [1.82, 2.24) is 24.6 Å². The number of aromatic nitrogens is 4. The molecule has 0 unspecified atom stereocenters. The van der Waals surface area contributed by atoms with E-state index >= 15 is 0 Å². The number of nitrogens with zero attached hydrogens (tertiary/aromatic N) is 5. The fourth-order valence-corrected chi connectivity index (χ4v) is 4.60. The van der Waals surface area contributed by atoms with Crippen LogP contribution in [0, 0.1) is 0 Å². The second-order valence-electron chi connectivity index (χ2n) is 8.82. The van der Waals surface area contributed by atoms with E-state index in [2.05, 4.69) is 50.4 Å². The zero-order valence-electron chi connectivity index (χ0n) is 18.8. The van der Waals surface area contributed by atoms with Crippen molar-refractivity contribution in [2.75, 3.05) is 44.4 Å². The molecule has 5 rings (SSSR count). The van der Waals surface area contributed by atoms with E-state index in [-0.39, 0.29) is 11.5 Å². The number of hydrogen-bond donors (Lipinski definition) is 2. The van der Waals surface area contributed by atoms with Crippen molar-refractivity contribution >= 4 is 22.8 Å². The third-order valence-corrected chi connectivity index (χ3v) is 6.40. The summed E-state index contributed by atoms with van der Waals surface area (Å²) in [5.74, 6) is 1.83. The Bertz CT molecular complexity index is 1100. The average Bonchev–Trinajstić information content (AvgIpc) is 3.12. The molecule has 0 bridgehead atoms. The first kappa shape index (κ1) is 21.0. The average molecular weight is 438 g/mol. The molecule has 2 aliphatic rings. The number of unbranched alkanes of at least 4 members (excludes halogenated alkanes) is 1. The Morgan fingerprint density at radius 1 is 1.25 bits per heavy atom. The molecule has 9 heteroatoms. The quantitative estimate of drug-likeness (QED) is 0.493. The first-order valence-corrected chi connectivity index (χ1v) is 11.3.